The maximum atomic E-state index is 13.8. The maximum absolute atomic E-state index is 13.8. The zero-order chi connectivity index (χ0) is 28.1. The molecule has 0 aliphatic rings. The van der Waals surface area contributed by atoms with Crippen molar-refractivity contribution in [3.63, 3.8) is 0 Å². The first-order valence-electron chi connectivity index (χ1n) is 12.1. The van der Waals surface area contributed by atoms with E-state index in [2.05, 4.69) is 10.6 Å². The van der Waals surface area contributed by atoms with Crippen molar-refractivity contribution in [2.24, 2.45) is 0 Å². The molecule has 202 valence electrons. The number of aryl methyl sites for hydroxylation is 1. The third-order valence-electron chi connectivity index (χ3n) is 5.46. The van der Waals surface area contributed by atoms with Crippen LogP contribution in [-0.4, -0.2) is 52.2 Å². The predicted molar refractivity (Wildman–Crippen MR) is 143 cm³/mol. The number of amides is 3. The van der Waals surface area contributed by atoms with E-state index in [-0.39, 0.29) is 5.75 Å². The number of phenolic OH excluding ortho intramolecular Hbond substituents is 1. The molecule has 9 heteroatoms. The van der Waals surface area contributed by atoms with Crippen molar-refractivity contribution in [3.8, 4) is 11.5 Å². The molecule has 2 rings (SSSR count). The zero-order valence-corrected chi connectivity index (χ0v) is 23.1. The lowest BCUT2D eigenvalue weighted by Crippen LogP contribution is -2.57. The fraction of sp³-hybridized carbons (Fsp3) is 0.464. The summed E-state index contributed by atoms with van der Waals surface area (Å²) in [6, 6.07) is 9.55. The highest BCUT2D eigenvalue weighted by molar-refractivity contribution is 5.99. The molecule has 0 aromatic heterocycles. The fourth-order valence-corrected chi connectivity index (χ4v) is 3.75. The summed E-state index contributed by atoms with van der Waals surface area (Å²) in [5, 5.41) is 15.5. The van der Waals surface area contributed by atoms with Gasteiger partial charge in [-0.3, -0.25) is 9.59 Å². The SMILES string of the molecule is COc1ccc(NC(=O)C(c2ccc(O)c(C)c2)N(C(=O)C(C)NC(=O)OC(C)(C)C)C(C)(C)C)cc1. The second-order valence-corrected chi connectivity index (χ2v) is 10.9. The molecule has 0 fully saturated rings. The van der Waals surface area contributed by atoms with Gasteiger partial charge in [0.05, 0.1) is 7.11 Å². The van der Waals surface area contributed by atoms with Gasteiger partial charge in [0.25, 0.3) is 5.91 Å². The van der Waals surface area contributed by atoms with E-state index < -0.39 is 41.1 Å². The van der Waals surface area contributed by atoms with Crippen LogP contribution >= 0.6 is 0 Å². The topological polar surface area (TPSA) is 117 Å². The van der Waals surface area contributed by atoms with E-state index in [1.807, 2.05) is 20.8 Å². The number of phenols is 1. The van der Waals surface area contributed by atoms with Gasteiger partial charge in [-0.1, -0.05) is 6.07 Å². The van der Waals surface area contributed by atoms with Crippen molar-refractivity contribution < 1.29 is 29.0 Å². The summed E-state index contributed by atoms with van der Waals surface area (Å²) in [6.07, 6.45) is -0.734. The van der Waals surface area contributed by atoms with Crippen molar-refractivity contribution in [2.75, 3.05) is 12.4 Å². The van der Waals surface area contributed by atoms with Crippen LogP contribution in [0.2, 0.25) is 0 Å². The minimum absolute atomic E-state index is 0.0756. The number of nitrogens with one attached hydrogen (secondary N) is 2. The Morgan fingerprint density at radius 2 is 1.57 bits per heavy atom. The number of nitrogens with zero attached hydrogens (tertiary/aromatic N) is 1. The summed E-state index contributed by atoms with van der Waals surface area (Å²) in [6.45, 7) is 13.9. The third-order valence-corrected chi connectivity index (χ3v) is 5.46. The molecular weight excluding hydrogens is 474 g/mol. The third kappa shape index (κ3) is 8.13. The molecular formula is C28H39N3O6. The summed E-state index contributed by atoms with van der Waals surface area (Å²) < 4.78 is 10.5. The van der Waals surface area contributed by atoms with Crippen LogP contribution in [0.4, 0.5) is 10.5 Å². The van der Waals surface area contributed by atoms with Gasteiger partial charge in [-0.25, -0.2) is 4.79 Å². The zero-order valence-electron chi connectivity index (χ0n) is 23.1. The van der Waals surface area contributed by atoms with Crippen LogP contribution in [0.1, 0.15) is 65.6 Å². The number of carbonyl (C=O) groups excluding carboxylic acids is 3. The molecule has 0 saturated heterocycles. The van der Waals surface area contributed by atoms with Crippen molar-refractivity contribution in [3.05, 3.63) is 53.6 Å². The maximum Gasteiger partial charge on any atom is 0.408 e. The average Bonchev–Trinajstić information content (AvgIpc) is 2.77. The number of hydrogen-bond acceptors (Lipinski definition) is 6. The van der Waals surface area contributed by atoms with E-state index in [1.165, 1.54) is 11.0 Å². The van der Waals surface area contributed by atoms with Crippen molar-refractivity contribution in [2.45, 2.75) is 78.6 Å². The van der Waals surface area contributed by atoms with Crippen LogP contribution in [0.5, 0.6) is 11.5 Å². The summed E-state index contributed by atoms with van der Waals surface area (Å²) in [4.78, 5) is 41.4. The molecule has 2 aromatic carbocycles. The molecule has 2 atom stereocenters. The summed E-state index contributed by atoms with van der Waals surface area (Å²) in [5.41, 5.74) is 0.0258. The van der Waals surface area contributed by atoms with Crippen LogP contribution in [0.15, 0.2) is 42.5 Å². The summed E-state index contributed by atoms with van der Waals surface area (Å²) in [7, 11) is 1.55. The number of alkyl carbamates (subject to hydrolysis) is 1. The Bertz CT molecular complexity index is 1120. The molecule has 0 radical (unpaired) electrons. The molecule has 3 amide bonds. The molecule has 3 N–H and O–H groups in total. The number of aromatic hydroxyl groups is 1. The Balaban J connectivity index is 2.50. The van der Waals surface area contributed by atoms with Crippen molar-refractivity contribution >= 4 is 23.6 Å². The van der Waals surface area contributed by atoms with Crippen LogP contribution in [0.25, 0.3) is 0 Å². The molecule has 9 nitrogen and oxygen atoms in total. The first-order chi connectivity index (χ1) is 17.0. The van der Waals surface area contributed by atoms with Gasteiger partial charge in [0.1, 0.15) is 29.2 Å². The Hall–Kier alpha value is -3.75. The standard InChI is InChI=1S/C28H39N3O6/c1-17-16-19(10-15-22(17)32)23(24(33)30-20-11-13-21(36-9)14-12-20)31(27(3,4)5)25(34)18(2)29-26(35)37-28(6,7)8/h10-16,18,23,32H,1-9H3,(H,29,35)(H,30,33). The first kappa shape index (κ1) is 29.5. The van der Waals surface area contributed by atoms with Gasteiger partial charge in [0.15, 0.2) is 0 Å². The minimum atomic E-state index is -1.07. The van der Waals surface area contributed by atoms with Crippen molar-refractivity contribution in [1.29, 1.82) is 0 Å². The van der Waals surface area contributed by atoms with Gasteiger partial charge < -0.3 is 30.1 Å². The first-order valence-corrected chi connectivity index (χ1v) is 12.1. The number of rotatable bonds is 7. The summed E-state index contributed by atoms with van der Waals surface area (Å²) in [5.74, 6) is -0.217. The number of hydrogen-bond donors (Lipinski definition) is 3. The van der Waals surface area contributed by atoms with Gasteiger partial charge in [-0.05, 0) is 103 Å². The van der Waals surface area contributed by atoms with Gasteiger partial charge in [0, 0.05) is 11.2 Å². The molecule has 2 aromatic rings. The molecule has 37 heavy (non-hydrogen) atoms. The Kier molecular flexibility index (Phi) is 9.19. The molecule has 0 bridgehead atoms. The molecule has 0 aliphatic heterocycles. The minimum Gasteiger partial charge on any atom is -0.508 e. The second kappa shape index (κ2) is 11.5. The second-order valence-electron chi connectivity index (χ2n) is 10.9. The Morgan fingerprint density at radius 1 is 0.973 bits per heavy atom. The lowest BCUT2D eigenvalue weighted by molar-refractivity contribution is -0.146. The van der Waals surface area contributed by atoms with Crippen LogP contribution in [0, 0.1) is 6.92 Å². The molecule has 0 saturated carbocycles. The number of methoxy groups -OCH3 is 1. The van der Waals surface area contributed by atoms with E-state index in [0.717, 1.165) is 0 Å². The number of ether oxygens (including phenoxy) is 2. The predicted octanol–water partition coefficient (Wildman–Crippen LogP) is 4.93. The lowest BCUT2D eigenvalue weighted by atomic mass is 9.94. The quantitative estimate of drug-likeness (QED) is 0.483. The smallest absolute Gasteiger partial charge is 0.408 e. The Morgan fingerprint density at radius 3 is 2.05 bits per heavy atom. The average molecular weight is 514 g/mol. The van der Waals surface area contributed by atoms with Crippen molar-refractivity contribution in [1.82, 2.24) is 10.2 Å². The van der Waals surface area contributed by atoms with Crippen LogP contribution < -0.4 is 15.4 Å². The van der Waals surface area contributed by atoms with Gasteiger partial charge in [-0.2, -0.15) is 0 Å². The van der Waals surface area contributed by atoms with Crippen LogP contribution in [-0.2, 0) is 14.3 Å². The van der Waals surface area contributed by atoms with Gasteiger partial charge >= 0.3 is 6.09 Å². The number of anilines is 1. The summed E-state index contributed by atoms with van der Waals surface area (Å²) >= 11 is 0. The number of benzene rings is 2. The highest BCUT2D eigenvalue weighted by atomic mass is 16.6. The van der Waals surface area contributed by atoms with E-state index in [1.54, 1.807) is 78.1 Å². The van der Waals surface area contributed by atoms with E-state index in [0.29, 0.717) is 22.6 Å². The Labute approximate surface area is 219 Å². The largest absolute Gasteiger partial charge is 0.508 e. The highest BCUT2D eigenvalue weighted by Crippen LogP contribution is 2.33. The molecule has 0 spiro atoms. The van der Waals surface area contributed by atoms with E-state index >= 15 is 0 Å². The van der Waals surface area contributed by atoms with E-state index in [4.69, 9.17) is 9.47 Å². The van der Waals surface area contributed by atoms with Crippen LogP contribution in [0.3, 0.4) is 0 Å². The number of carbonyl (C=O) groups is 3. The normalized spacial score (nSPS) is 13.2. The van der Waals surface area contributed by atoms with E-state index in [9.17, 15) is 19.5 Å². The highest BCUT2D eigenvalue weighted by Gasteiger charge is 2.41. The molecule has 0 aliphatic carbocycles. The lowest BCUT2D eigenvalue weighted by Gasteiger charge is -2.42. The molecule has 0 heterocycles. The van der Waals surface area contributed by atoms with Gasteiger partial charge in [0.2, 0.25) is 5.91 Å². The monoisotopic (exact) mass is 513 g/mol. The van der Waals surface area contributed by atoms with Gasteiger partial charge in [-0.15, -0.1) is 0 Å². The fourth-order valence-electron chi connectivity index (χ4n) is 3.75. The molecule has 2 unspecified atom stereocenters.